The van der Waals surface area contributed by atoms with E-state index < -0.39 is 5.95 Å². The smallest absolute Gasteiger partial charge is 0.253 e. The average Bonchev–Trinajstić information content (AvgIpc) is 2.53. The van der Waals surface area contributed by atoms with E-state index in [2.05, 4.69) is 10.3 Å². The Kier molecular flexibility index (Phi) is 4.87. The summed E-state index contributed by atoms with van der Waals surface area (Å²) in [7, 11) is 1.59. The van der Waals surface area contributed by atoms with Crippen molar-refractivity contribution in [3.8, 4) is 5.75 Å². The van der Waals surface area contributed by atoms with E-state index in [4.69, 9.17) is 4.74 Å². The molecule has 2 rings (SSSR count). The number of nitrogens with one attached hydrogen (secondary N) is 1. The van der Waals surface area contributed by atoms with E-state index in [0.29, 0.717) is 12.0 Å². The van der Waals surface area contributed by atoms with Crippen LogP contribution in [0.2, 0.25) is 0 Å². The van der Waals surface area contributed by atoms with Gasteiger partial charge in [0.15, 0.2) is 0 Å². The number of carbonyl (C=O) groups is 1. The van der Waals surface area contributed by atoms with Gasteiger partial charge in [-0.2, -0.15) is 4.39 Å². The predicted octanol–water partition coefficient (Wildman–Crippen LogP) is 3.11. The van der Waals surface area contributed by atoms with Gasteiger partial charge in [0.1, 0.15) is 5.75 Å². The Bertz CT molecular complexity index is 614. The Hall–Kier alpha value is -2.43. The van der Waals surface area contributed by atoms with Crippen molar-refractivity contribution in [2.24, 2.45) is 0 Å². The zero-order chi connectivity index (χ0) is 15.2. The van der Waals surface area contributed by atoms with Gasteiger partial charge in [-0.25, -0.2) is 4.98 Å². The summed E-state index contributed by atoms with van der Waals surface area (Å²) in [4.78, 5) is 15.7. The van der Waals surface area contributed by atoms with Crippen molar-refractivity contribution < 1.29 is 13.9 Å². The van der Waals surface area contributed by atoms with Crippen LogP contribution in [-0.2, 0) is 0 Å². The second-order valence-corrected chi connectivity index (χ2v) is 4.55. The summed E-state index contributed by atoms with van der Waals surface area (Å²) in [6.07, 6.45) is 1.93. The van der Waals surface area contributed by atoms with Crippen LogP contribution >= 0.6 is 0 Å². The fourth-order valence-corrected chi connectivity index (χ4v) is 2.11. The van der Waals surface area contributed by atoms with Gasteiger partial charge in [0, 0.05) is 11.8 Å². The third-order valence-corrected chi connectivity index (χ3v) is 3.22. The zero-order valence-corrected chi connectivity index (χ0v) is 12.0. The van der Waals surface area contributed by atoms with Crippen molar-refractivity contribution in [2.45, 2.75) is 19.4 Å². The number of ether oxygens (including phenoxy) is 1. The maximum absolute atomic E-state index is 12.8. The number of para-hydroxylation sites is 1. The number of nitrogens with zero attached hydrogens (tertiary/aromatic N) is 1. The summed E-state index contributed by atoms with van der Waals surface area (Å²) in [5.41, 5.74) is 1.23. The minimum absolute atomic E-state index is 0.182. The van der Waals surface area contributed by atoms with E-state index in [1.54, 1.807) is 7.11 Å². The van der Waals surface area contributed by atoms with E-state index in [0.717, 1.165) is 11.3 Å². The molecule has 21 heavy (non-hydrogen) atoms. The molecule has 0 fully saturated rings. The lowest BCUT2D eigenvalue weighted by molar-refractivity contribution is 0.0934. The van der Waals surface area contributed by atoms with E-state index in [1.807, 2.05) is 31.2 Å². The molecule has 110 valence electrons. The third kappa shape index (κ3) is 3.56. The SMILES string of the molecule is CCC(NC(=O)c1ccc(F)nc1)c1ccccc1OC. The van der Waals surface area contributed by atoms with Crippen LogP contribution in [0.1, 0.15) is 35.3 Å². The molecule has 1 amide bonds. The van der Waals surface area contributed by atoms with Crippen LogP contribution in [0.4, 0.5) is 4.39 Å². The Morgan fingerprint density at radius 1 is 1.33 bits per heavy atom. The summed E-state index contributed by atoms with van der Waals surface area (Å²) in [5.74, 6) is -0.176. The standard InChI is InChI=1S/C16H17FN2O2/c1-3-13(12-6-4-5-7-14(12)21-2)19-16(20)11-8-9-15(17)18-10-11/h4-10,13H,3H2,1-2H3,(H,19,20). The molecular weight excluding hydrogens is 271 g/mol. The van der Waals surface area contributed by atoms with Crippen molar-refractivity contribution in [3.05, 3.63) is 59.7 Å². The normalized spacial score (nSPS) is 11.8. The molecule has 0 aliphatic rings. The number of carbonyl (C=O) groups excluding carboxylic acids is 1. The first kappa shape index (κ1) is 15.0. The molecule has 0 spiro atoms. The molecule has 0 bridgehead atoms. The first-order valence-electron chi connectivity index (χ1n) is 6.71. The molecule has 0 radical (unpaired) electrons. The molecule has 1 N–H and O–H groups in total. The molecule has 1 aromatic carbocycles. The first-order chi connectivity index (χ1) is 10.2. The molecule has 1 atom stereocenters. The number of halogens is 1. The molecule has 4 nitrogen and oxygen atoms in total. The number of pyridine rings is 1. The molecule has 1 heterocycles. The van der Waals surface area contributed by atoms with Crippen LogP contribution in [0.3, 0.4) is 0 Å². The van der Waals surface area contributed by atoms with E-state index >= 15 is 0 Å². The van der Waals surface area contributed by atoms with Crippen LogP contribution in [0.5, 0.6) is 5.75 Å². The lowest BCUT2D eigenvalue weighted by Crippen LogP contribution is -2.28. The second kappa shape index (κ2) is 6.83. The average molecular weight is 288 g/mol. The monoisotopic (exact) mass is 288 g/mol. The number of amides is 1. The van der Waals surface area contributed by atoms with Gasteiger partial charge in [-0.05, 0) is 24.6 Å². The third-order valence-electron chi connectivity index (χ3n) is 3.22. The molecule has 0 saturated heterocycles. The van der Waals surface area contributed by atoms with Crippen LogP contribution in [0.25, 0.3) is 0 Å². The van der Waals surface area contributed by atoms with Crippen molar-refractivity contribution in [3.63, 3.8) is 0 Å². The quantitative estimate of drug-likeness (QED) is 0.860. The Labute approximate surface area is 123 Å². The Morgan fingerprint density at radius 3 is 2.71 bits per heavy atom. The van der Waals surface area contributed by atoms with Crippen LogP contribution < -0.4 is 10.1 Å². The van der Waals surface area contributed by atoms with Crippen LogP contribution in [-0.4, -0.2) is 18.0 Å². The topological polar surface area (TPSA) is 51.2 Å². The maximum Gasteiger partial charge on any atom is 0.253 e. The van der Waals surface area contributed by atoms with Gasteiger partial charge in [-0.3, -0.25) is 4.79 Å². The fourth-order valence-electron chi connectivity index (χ4n) is 2.11. The molecule has 1 aromatic heterocycles. The Morgan fingerprint density at radius 2 is 2.10 bits per heavy atom. The number of methoxy groups -OCH3 is 1. The van der Waals surface area contributed by atoms with E-state index in [-0.39, 0.29) is 11.9 Å². The highest BCUT2D eigenvalue weighted by Crippen LogP contribution is 2.27. The fraction of sp³-hybridized carbons (Fsp3) is 0.250. The van der Waals surface area contributed by atoms with E-state index in [9.17, 15) is 9.18 Å². The van der Waals surface area contributed by atoms with Gasteiger partial charge >= 0.3 is 0 Å². The number of hydrogen-bond acceptors (Lipinski definition) is 3. The lowest BCUT2D eigenvalue weighted by atomic mass is 10.0. The van der Waals surface area contributed by atoms with Crippen LogP contribution in [0, 0.1) is 5.95 Å². The van der Waals surface area contributed by atoms with Gasteiger partial charge in [-0.1, -0.05) is 25.1 Å². The van der Waals surface area contributed by atoms with Gasteiger partial charge in [0.2, 0.25) is 5.95 Å². The van der Waals surface area contributed by atoms with Crippen molar-refractivity contribution in [2.75, 3.05) is 7.11 Å². The molecular formula is C16H17FN2O2. The highest BCUT2D eigenvalue weighted by atomic mass is 19.1. The van der Waals surface area contributed by atoms with E-state index in [1.165, 1.54) is 18.3 Å². The number of benzene rings is 1. The van der Waals surface area contributed by atoms with Gasteiger partial charge in [0.05, 0.1) is 18.7 Å². The van der Waals surface area contributed by atoms with Gasteiger partial charge in [0.25, 0.3) is 5.91 Å². The number of rotatable bonds is 5. The van der Waals surface area contributed by atoms with Crippen molar-refractivity contribution in [1.29, 1.82) is 0 Å². The van der Waals surface area contributed by atoms with Gasteiger partial charge < -0.3 is 10.1 Å². The van der Waals surface area contributed by atoms with Crippen molar-refractivity contribution in [1.82, 2.24) is 10.3 Å². The highest BCUT2D eigenvalue weighted by molar-refractivity contribution is 5.94. The molecule has 1 unspecified atom stereocenters. The number of aromatic nitrogens is 1. The molecule has 0 aliphatic heterocycles. The molecule has 0 aliphatic carbocycles. The lowest BCUT2D eigenvalue weighted by Gasteiger charge is -2.19. The van der Waals surface area contributed by atoms with Crippen molar-refractivity contribution >= 4 is 5.91 Å². The molecule has 0 saturated carbocycles. The summed E-state index contributed by atoms with van der Waals surface area (Å²) < 4.78 is 18.1. The molecule has 5 heteroatoms. The van der Waals surface area contributed by atoms with Gasteiger partial charge in [-0.15, -0.1) is 0 Å². The second-order valence-electron chi connectivity index (χ2n) is 4.55. The first-order valence-corrected chi connectivity index (χ1v) is 6.71. The summed E-state index contributed by atoms with van der Waals surface area (Å²) in [6, 6.07) is 9.93. The minimum atomic E-state index is -0.608. The van der Waals surface area contributed by atoms with Crippen LogP contribution in [0.15, 0.2) is 42.6 Å². The molecule has 2 aromatic rings. The summed E-state index contributed by atoms with van der Waals surface area (Å²) >= 11 is 0. The minimum Gasteiger partial charge on any atom is -0.496 e. The maximum atomic E-state index is 12.8. The zero-order valence-electron chi connectivity index (χ0n) is 12.0. The number of hydrogen-bond donors (Lipinski definition) is 1. The summed E-state index contributed by atoms with van der Waals surface area (Å²) in [6.45, 7) is 1.97. The summed E-state index contributed by atoms with van der Waals surface area (Å²) in [5, 5.41) is 2.91. The Balaban J connectivity index is 2.19. The predicted molar refractivity (Wildman–Crippen MR) is 77.7 cm³/mol. The largest absolute Gasteiger partial charge is 0.496 e. The highest BCUT2D eigenvalue weighted by Gasteiger charge is 2.17.